The molecular formula is C12H21N3S. The molecule has 0 aliphatic carbocycles. The van der Waals surface area contributed by atoms with Gasteiger partial charge in [0, 0.05) is 36.3 Å². The van der Waals surface area contributed by atoms with Crippen LogP contribution >= 0.6 is 11.8 Å². The largest absolute Gasteiger partial charge is 0.382 e. The van der Waals surface area contributed by atoms with E-state index in [9.17, 15) is 0 Å². The fraction of sp³-hybridized carbons (Fsp3) is 0.583. The van der Waals surface area contributed by atoms with Gasteiger partial charge in [0.25, 0.3) is 0 Å². The highest BCUT2D eigenvalue weighted by molar-refractivity contribution is 7.98. The maximum atomic E-state index is 4.27. The Bertz CT molecular complexity index is 304. The van der Waals surface area contributed by atoms with Crippen molar-refractivity contribution < 1.29 is 0 Å². The van der Waals surface area contributed by atoms with Crippen molar-refractivity contribution in [3.05, 3.63) is 18.3 Å². The molecule has 0 bridgehead atoms. The summed E-state index contributed by atoms with van der Waals surface area (Å²) in [7, 11) is 0. The van der Waals surface area contributed by atoms with Crippen LogP contribution in [0.3, 0.4) is 0 Å². The SMILES string of the molecule is CCCNc1cc(NC(C)CSC)ccn1. The lowest BCUT2D eigenvalue weighted by molar-refractivity contribution is 0.912. The smallest absolute Gasteiger partial charge is 0.127 e. The van der Waals surface area contributed by atoms with Gasteiger partial charge in [0.1, 0.15) is 5.82 Å². The monoisotopic (exact) mass is 239 g/mol. The predicted molar refractivity (Wildman–Crippen MR) is 74.5 cm³/mol. The Balaban J connectivity index is 2.52. The third-order valence-electron chi connectivity index (χ3n) is 2.15. The van der Waals surface area contributed by atoms with Crippen molar-refractivity contribution in [2.75, 3.05) is 29.2 Å². The summed E-state index contributed by atoms with van der Waals surface area (Å²) in [6.07, 6.45) is 5.08. The maximum Gasteiger partial charge on any atom is 0.127 e. The van der Waals surface area contributed by atoms with E-state index in [4.69, 9.17) is 0 Å². The van der Waals surface area contributed by atoms with Gasteiger partial charge in [0.05, 0.1) is 0 Å². The minimum Gasteiger partial charge on any atom is -0.382 e. The number of hydrogen-bond acceptors (Lipinski definition) is 4. The Labute approximate surface area is 102 Å². The lowest BCUT2D eigenvalue weighted by Crippen LogP contribution is -2.17. The molecule has 1 rings (SSSR count). The molecule has 0 saturated carbocycles. The van der Waals surface area contributed by atoms with Crippen molar-refractivity contribution in [2.45, 2.75) is 26.3 Å². The Kier molecular flexibility index (Phi) is 6.08. The first-order valence-electron chi connectivity index (χ1n) is 5.71. The zero-order valence-electron chi connectivity index (χ0n) is 10.3. The summed E-state index contributed by atoms with van der Waals surface area (Å²) in [6, 6.07) is 4.55. The third-order valence-corrected chi connectivity index (χ3v) is 2.98. The van der Waals surface area contributed by atoms with Crippen LogP contribution in [-0.4, -0.2) is 29.6 Å². The second-order valence-electron chi connectivity index (χ2n) is 3.86. The van der Waals surface area contributed by atoms with Gasteiger partial charge < -0.3 is 10.6 Å². The molecule has 1 unspecified atom stereocenters. The zero-order valence-corrected chi connectivity index (χ0v) is 11.1. The number of nitrogens with zero attached hydrogens (tertiary/aromatic N) is 1. The number of thioether (sulfide) groups is 1. The number of aromatic nitrogens is 1. The second-order valence-corrected chi connectivity index (χ2v) is 4.77. The maximum absolute atomic E-state index is 4.27. The van der Waals surface area contributed by atoms with Gasteiger partial charge in [-0.2, -0.15) is 11.8 Å². The topological polar surface area (TPSA) is 37.0 Å². The van der Waals surface area contributed by atoms with E-state index in [1.54, 1.807) is 0 Å². The summed E-state index contributed by atoms with van der Waals surface area (Å²) in [6.45, 7) is 5.31. The van der Waals surface area contributed by atoms with Gasteiger partial charge in [-0.3, -0.25) is 0 Å². The van der Waals surface area contributed by atoms with Gasteiger partial charge in [-0.05, 0) is 25.7 Å². The molecule has 16 heavy (non-hydrogen) atoms. The minimum absolute atomic E-state index is 0.483. The number of anilines is 2. The van der Waals surface area contributed by atoms with Crippen molar-refractivity contribution in [1.29, 1.82) is 0 Å². The first-order valence-corrected chi connectivity index (χ1v) is 7.11. The molecule has 0 aliphatic rings. The Morgan fingerprint density at radius 1 is 1.50 bits per heavy atom. The van der Waals surface area contributed by atoms with Crippen molar-refractivity contribution in [2.24, 2.45) is 0 Å². The van der Waals surface area contributed by atoms with Crippen LogP contribution in [0.1, 0.15) is 20.3 Å². The molecular weight excluding hydrogens is 218 g/mol. The lowest BCUT2D eigenvalue weighted by Gasteiger charge is -2.14. The molecule has 1 aromatic heterocycles. The highest BCUT2D eigenvalue weighted by Gasteiger charge is 2.01. The van der Waals surface area contributed by atoms with E-state index in [2.05, 4.69) is 41.8 Å². The highest BCUT2D eigenvalue weighted by atomic mass is 32.2. The summed E-state index contributed by atoms with van der Waals surface area (Å²) in [4.78, 5) is 4.27. The number of hydrogen-bond donors (Lipinski definition) is 2. The van der Waals surface area contributed by atoms with E-state index in [1.807, 2.05) is 24.0 Å². The molecule has 1 aromatic rings. The summed E-state index contributed by atoms with van der Waals surface area (Å²) >= 11 is 1.85. The van der Waals surface area contributed by atoms with Crippen molar-refractivity contribution in [3.8, 4) is 0 Å². The fourth-order valence-corrected chi connectivity index (χ4v) is 2.03. The van der Waals surface area contributed by atoms with E-state index in [1.165, 1.54) is 0 Å². The molecule has 1 heterocycles. The first kappa shape index (κ1) is 13.2. The molecule has 0 aromatic carbocycles. The van der Waals surface area contributed by atoms with Crippen LogP contribution in [0.5, 0.6) is 0 Å². The van der Waals surface area contributed by atoms with E-state index in [-0.39, 0.29) is 0 Å². The van der Waals surface area contributed by atoms with Gasteiger partial charge in [-0.15, -0.1) is 0 Å². The normalized spacial score (nSPS) is 12.2. The second kappa shape index (κ2) is 7.39. The summed E-state index contributed by atoms with van der Waals surface area (Å²) in [5, 5.41) is 6.74. The van der Waals surface area contributed by atoms with E-state index >= 15 is 0 Å². The average Bonchev–Trinajstić information content (AvgIpc) is 2.27. The molecule has 1 atom stereocenters. The molecule has 0 spiro atoms. The van der Waals surface area contributed by atoms with Crippen LogP contribution in [0.25, 0.3) is 0 Å². The van der Waals surface area contributed by atoms with Crippen LogP contribution < -0.4 is 10.6 Å². The predicted octanol–water partition coefficient (Wildman–Crippen LogP) is 3.07. The van der Waals surface area contributed by atoms with Crippen molar-refractivity contribution in [1.82, 2.24) is 4.98 Å². The molecule has 3 nitrogen and oxygen atoms in total. The quantitative estimate of drug-likeness (QED) is 0.767. The number of pyridine rings is 1. The molecule has 90 valence electrons. The lowest BCUT2D eigenvalue weighted by atomic mass is 10.3. The standard InChI is InChI=1S/C12H21N3S/c1-4-6-13-12-8-11(5-7-14-12)15-10(2)9-16-3/h5,7-8,10H,4,6,9H2,1-3H3,(H2,13,14,15). The molecule has 0 aliphatic heterocycles. The number of rotatable bonds is 7. The summed E-state index contributed by atoms with van der Waals surface area (Å²) in [5.74, 6) is 2.06. The first-order chi connectivity index (χ1) is 7.76. The van der Waals surface area contributed by atoms with Crippen molar-refractivity contribution in [3.63, 3.8) is 0 Å². The van der Waals surface area contributed by atoms with Crippen LogP contribution in [0.15, 0.2) is 18.3 Å². The van der Waals surface area contributed by atoms with Gasteiger partial charge in [-0.25, -0.2) is 4.98 Å². The molecule has 4 heteroatoms. The minimum atomic E-state index is 0.483. The van der Waals surface area contributed by atoms with Gasteiger partial charge in [0.15, 0.2) is 0 Å². The van der Waals surface area contributed by atoms with Crippen LogP contribution in [0.2, 0.25) is 0 Å². The Hall–Kier alpha value is -0.900. The summed E-state index contributed by atoms with van der Waals surface area (Å²) < 4.78 is 0. The van der Waals surface area contributed by atoms with E-state index in [0.29, 0.717) is 6.04 Å². The Morgan fingerprint density at radius 2 is 2.31 bits per heavy atom. The van der Waals surface area contributed by atoms with E-state index < -0.39 is 0 Å². The molecule has 0 radical (unpaired) electrons. The van der Waals surface area contributed by atoms with Crippen LogP contribution in [0.4, 0.5) is 11.5 Å². The fourth-order valence-electron chi connectivity index (χ4n) is 1.45. The van der Waals surface area contributed by atoms with Crippen LogP contribution in [-0.2, 0) is 0 Å². The number of nitrogens with one attached hydrogen (secondary N) is 2. The van der Waals surface area contributed by atoms with Gasteiger partial charge in [0.2, 0.25) is 0 Å². The Morgan fingerprint density at radius 3 is 3.00 bits per heavy atom. The zero-order chi connectivity index (χ0) is 11.8. The van der Waals surface area contributed by atoms with Crippen LogP contribution in [0, 0.1) is 0 Å². The van der Waals surface area contributed by atoms with Crippen molar-refractivity contribution >= 4 is 23.3 Å². The average molecular weight is 239 g/mol. The van der Waals surface area contributed by atoms with E-state index in [0.717, 1.165) is 30.2 Å². The third kappa shape index (κ3) is 4.75. The molecule has 2 N–H and O–H groups in total. The highest BCUT2D eigenvalue weighted by Crippen LogP contribution is 2.14. The molecule has 0 fully saturated rings. The molecule has 0 amide bonds. The summed E-state index contributed by atoms with van der Waals surface area (Å²) in [5.41, 5.74) is 1.13. The van der Waals surface area contributed by atoms with Gasteiger partial charge in [-0.1, -0.05) is 6.92 Å². The van der Waals surface area contributed by atoms with Gasteiger partial charge >= 0.3 is 0 Å². The molecule has 0 saturated heterocycles.